The molecule has 0 spiro atoms. The monoisotopic (exact) mass is 180 g/mol. The Balaban J connectivity index is 2.12. The number of hydrogen-bond donors (Lipinski definition) is 0. The number of rotatable bonds is 1. The molecule has 2 aliphatic rings. The van der Waals surface area contributed by atoms with Crippen LogP contribution in [-0.4, -0.2) is 13.1 Å². The predicted octanol–water partition coefficient (Wildman–Crippen LogP) is 2.15. The molecule has 0 aromatic rings. The molecule has 72 valence electrons. The van der Waals surface area contributed by atoms with Gasteiger partial charge in [-0.1, -0.05) is 18.6 Å². The van der Waals surface area contributed by atoms with Crippen molar-refractivity contribution in [2.75, 3.05) is 7.11 Å². The normalized spacial score (nSPS) is 37.2. The number of carbonyl (C=O) groups excluding carboxylic acids is 1. The first-order chi connectivity index (χ1) is 6.33. The molecule has 1 fully saturated rings. The van der Waals surface area contributed by atoms with E-state index in [-0.39, 0.29) is 11.9 Å². The van der Waals surface area contributed by atoms with Gasteiger partial charge in [0.25, 0.3) is 0 Å². The van der Waals surface area contributed by atoms with Crippen molar-refractivity contribution < 1.29 is 9.53 Å². The van der Waals surface area contributed by atoms with E-state index in [1.165, 1.54) is 26.4 Å². The average molecular weight is 180 g/mol. The number of esters is 1. The number of methoxy groups -OCH3 is 1. The molecule has 0 unspecified atom stereocenters. The summed E-state index contributed by atoms with van der Waals surface area (Å²) in [6, 6.07) is 0. The molecule has 0 amide bonds. The summed E-state index contributed by atoms with van der Waals surface area (Å²) in [6.45, 7) is 0. The third kappa shape index (κ3) is 1.50. The minimum absolute atomic E-state index is 0.0127. The maximum Gasteiger partial charge on any atom is 0.309 e. The molecule has 0 bridgehead atoms. The van der Waals surface area contributed by atoms with Crippen LogP contribution in [0.25, 0.3) is 0 Å². The summed E-state index contributed by atoms with van der Waals surface area (Å²) in [6.07, 6.45) is 9.05. The molecule has 2 aliphatic carbocycles. The molecule has 2 heteroatoms. The Hall–Kier alpha value is -0.790. The number of ether oxygens (including phenoxy) is 1. The van der Waals surface area contributed by atoms with Gasteiger partial charge in [-0.25, -0.2) is 0 Å². The van der Waals surface area contributed by atoms with E-state index in [2.05, 4.69) is 12.2 Å². The van der Waals surface area contributed by atoms with Crippen LogP contribution < -0.4 is 0 Å². The zero-order valence-electron chi connectivity index (χ0n) is 8.03. The van der Waals surface area contributed by atoms with Crippen molar-refractivity contribution >= 4 is 5.97 Å². The quantitative estimate of drug-likeness (QED) is 0.456. The Kier molecular flexibility index (Phi) is 2.38. The van der Waals surface area contributed by atoms with Crippen LogP contribution in [-0.2, 0) is 9.53 Å². The molecule has 0 aromatic heterocycles. The molecule has 2 nitrogen and oxygen atoms in total. The first kappa shape index (κ1) is 8.79. The van der Waals surface area contributed by atoms with Crippen LogP contribution >= 0.6 is 0 Å². The van der Waals surface area contributed by atoms with Crippen LogP contribution in [0.1, 0.15) is 25.7 Å². The Morgan fingerprint density at radius 1 is 1.46 bits per heavy atom. The van der Waals surface area contributed by atoms with Crippen LogP contribution in [0, 0.1) is 17.8 Å². The lowest BCUT2D eigenvalue weighted by molar-refractivity contribution is -0.147. The van der Waals surface area contributed by atoms with E-state index in [1.54, 1.807) is 0 Å². The molecular weight excluding hydrogens is 164 g/mol. The fourth-order valence-corrected chi connectivity index (χ4v) is 2.75. The van der Waals surface area contributed by atoms with E-state index in [0.29, 0.717) is 11.8 Å². The van der Waals surface area contributed by atoms with Crippen LogP contribution in [0.2, 0.25) is 0 Å². The Bertz CT molecular complexity index is 232. The van der Waals surface area contributed by atoms with Gasteiger partial charge in [-0.15, -0.1) is 0 Å². The standard InChI is InChI=1S/C11H16O2/c1-13-11(12)10-7-3-5-8-4-2-6-9(8)10/h3,5,8-10H,2,4,6-7H2,1H3/t8-,9+,10-/m0/s1. The lowest BCUT2D eigenvalue weighted by Gasteiger charge is -2.27. The van der Waals surface area contributed by atoms with Gasteiger partial charge >= 0.3 is 5.97 Å². The van der Waals surface area contributed by atoms with Gasteiger partial charge in [-0.2, -0.15) is 0 Å². The van der Waals surface area contributed by atoms with Gasteiger partial charge < -0.3 is 4.74 Å². The third-order valence-electron chi connectivity index (χ3n) is 3.42. The highest BCUT2D eigenvalue weighted by Gasteiger charge is 2.38. The first-order valence-electron chi connectivity index (χ1n) is 5.07. The Labute approximate surface area is 79.0 Å². The number of allylic oxidation sites excluding steroid dienone is 2. The molecule has 2 rings (SSSR count). The maximum absolute atomic E-state index is 11.5. The van der Waals surface area contributed by atoms with Gasteiger partial charge in [-0.05, 0) is 31.1 Å². The zero-order valence-corrected chi connectivity index (χ0v) is 8.03. The molecule has 0 aliphatic heterocycles. The minimum atomic E-state index is -0.0127. The average Bonchev–Trinajstić information content (AvgIpc) is 2.63. The largest absolute Gasteiger partial charge is 0.469 e. The number of fused-ring (bicyclic) bond motifs is 1. The van der Waals surface area contributed by atoms with Crippen LogP contribution in [0.15, 0.2) is 12.2 Å². The van der Waals surface area contributed by atoms with Crippen molar-refractivity contribution in [1.82, 2.24) is 0 Å². The highest BCUT2D eigenvalue weighted by atomic mass is 16.5. The number of hydrogen-bond acceptors (Lipinski definition) is 2. The van der Waals surface area contributed by atoms with Crippen molar-refractivity contribution in [3.05, 3.63) is 12.2 Å². The maximum atomic E-state index is 11.5. The summed E-state index contributed by atoms with van der Waals surface area (Å²) in [5.74, 6) is 1.35. The molecule has 3 atom stereocenters. The molecule has 0 N–H and O–H groups in total. The summed E-state index contributed by atoms with van der Waals surface area (Å²) < 4.78 is 4.83. The molecule has 0 radical (unpaired) electrons. The fourth-order valence-electron chi connectivity index (χ4n) is 2.75. The molecule has 0 saturated heterocycles. The van der Waals surface area contributed by atoms with E-state index < -0.39 is 0 Å². The van der Waals surface area contributed by atoms with Gasteiger partial charge in [0.1, 0.15) is 0 Å². The predicted molar refractivity (Wildman–Crippen MR) is 50.1 cm³/mol. The van der Waals surface area contributed by atoms with Crippen LogP contribution in [0.3, 0.4) is 0 Å². The highest BCUT2D eigenvalue weighted by Crippen LogP contribution is 2.42. The van der Waals surface area contributed by atoms with Gasteiger partial charge in [-0.3, -0.25) is 4.79 Å². The third-order valence-corrected chi connectivity index (χ3v) is 3.42. The molecule has 1 saturated carbocycles. The fraction of sp³-hybridized carbons (Fsp3) is 0.727. The van der Waals surface area contributed by atoms with Gasteiger partial charge in [0, 0.05) is 0 Å². The topological polar surface area (TPSA) is 26.3 Å². The molecule has 13 heavy (non-hydrogen) atoms. The molecular formula is C11H16O2. The van der Waals surface area contributed by atoms with Crippen LogP contribution in [0.4, 0.5) is 0 Å². The molecule has 0 heterocycles. The van der Waals surface area contributed by atoms with Crippen molar-refractivity contribution in [3.63, 3.8) is 0 Å². The molecule has 0 aromatic carbocycles. The van der Waals surface area contributed by atoms with Gasteiger partial charge in [0.15, 0.2) is 0 Å². The Morgan fingerprint density at radius 3 is 3.08 bits per heavy atom. The lowest BCUT2D eigenvalue weighted by Crippen LogP contribution is -2.28. The van der Waals surface area contributed by atoms with Gasteiger partial charge in [0.2, 0.25) is 0 Å². The van der Waals surface area contributed by atoms with E-state index in [9.17, 15) is 4.79 Å². The second kappa shape index (κ2) is 3.52. The van der Waals surface area contributed by atoms with Crippen molar-refractivity contribution in [1.29, 1.82) is 0 Å². The summed E-state index contributed by atoms with van der Waals surface area (Å²) >= 11 is 0. The lowest BCUT2D eigenvalue weighted by atomic mass is 9.78. The number of carbonyl (C=O) groups is 1. The summed E-state index contributed by atoms with van der Waals surface area (Å²) in [4.78, 5) is 11.5. The zero-order chi connectivity index (χ0) is 9.26. The summed E-state index contributed by atoms with van der Waals surface area (Å²) in [7, 11) is 1.49. The van der Waals surface area contributed by atoms with Crippen molar-refractivity contribution in [2.24, 2.45) is 17.8 Å². The van der Waals surface area contributed by atoms with Crippen LogP contribution in [0.5, 0.6) is 0 Å². The van der Waals surface area contributed by atoms with Crippen molar-refractivity contribution in [3.8, 4) is 0 Å². The van der Waals surface area contributed by atoms with E-state index >= 15 is 0 Å². The van der Waals surface area contributed by atoms with Gasteiger partial charge in [0.05, 0.1) is 13.0 Å². The summed E-state index contributed by atoms with van der Waals surface area (Å²) in [5, 5.41) is 0. The minimum Gasteiger partial charge on any atom is -0.469 e. The second-order valence-corrected chi connectivity index (χ2v) is 4.05. The van der Waals surface area contributed by atoms with E-state index in [0.717, 1.165) is 6.42 Å². The van der Waals surface area contributed by atoms with E-state index in [1.807, 2.05) is 0 Å². The second-order valence-electron chi connectivity index (χ2n) is 4.05. The smallest absolute Gasteiger partial charge is 0.309 e. The summed E-state index contributed by atoms with van der Waals surface area (Å²) in [5.41, 5.74) is 0. The SMILES string of the molecule is COC(=O)[C@H]1CC=C[C@@H]2CCC[C@H]21. The highest BCUT2D eigenvalue weighted by molar-refractivity contribution is 5.73. The first-order valence-corrected chi connectivity index (χ1v) is 5.07. The van der Waals surface area contributed by atoms with Crippen molar-refractivity contribution in [2.45, 2.75) is 25.7 Å². The Morgan fingerprint density at radius 2 is 2.31 bits per heavy atom. The van der Waals surface area contributed by atoms with E-state index in [4.69, 9.17) is 4.74 Å².